The lowest BCUT2D eigenvalue weighted by Gasteiger charge is -2.00. The van der Waals surface area contributed by atoms with Gasteiger partial charge in [0.25, 0.3) is 0 Å². The number of hydrogen-bond donors (Lipinski definition) is 2. The van der Waals surface area contributed by atoms with Crippen molar-refractivity contribution in [1.82, 2.24) is 0 Å². The first kappa shape index (κ1) is 11.7. The van der Waals surface area contributed by atoms with Gasteiger partial charge in [0.15, 0.2) is 0 Å². The zero-order valence-electron chi connectivity index (χ0n) is 7.61. The van der Waals surface area contributed by atoms with Crippen molar-refractivity contribution in [2.45, 2.75) is 0 Å². The van der Waals surface area contributed by atoms with Crippen molar-refractivity contribution in [2.24, 2.45) is 0 Å². The quantitative estimate of drug-likeness (QED) is 0.602. The summed E-state index contributed by atoms with van der Waals surface area (Å²) in [7, 11) is -4.74. The monoisotopic (exact) mass is 228 g/mol. The van der Waals surface area contributed by atoms with Crippen LogP contribution in [0.15, 0.2) is 36.4 Å². The van der Waals surface area contributed by atoms with Crippen LogP contribution < -0.4 is 0 Å². The molecule has 0 bridgehead atoms. The van der Waals surface area contributed by atoms with Gasteiger partial charge in [-0.15, -0.1) is 0 Å². The van der Waals surface area contributed by atoms with Crippen LogP contribution in [0.4, 0.5) is 0 Å². The lowest BCUT2D eigenvalue weighted by Crippen LogP contribution is -1.97. The summed E-state index contributed by atoms with van der Waals surface area (Å²) in [5.74, 6) is -1.08. The minimum absolute atomic E-state index is 0.736. The molecule has 1 aromatic carbocycles. The third-order valence-electron chi connectivity index (χ3n) is 1.42. The molecule has 0 spiro atoms. The molecule has 0 atom stereocenters. The second-order valence-corrected chi connectivity index (χ2v) is 3.81. The number of benzene rings is 1. The first-order valence-corrected chi connectivity index (χ1v) is 5.53. The van der Waals surface area contributed by atoms with Crippen molar-refractivity contribution in [1.29, 1.82) is 0 Å². The highest BCUT2D eigenvalue weighted by atomic mass is 31.2. The largest absolute Gasteiger partial charge is 0.527 e. The van der Waals surface area contributed by atoms with Gasteiger partial charge in [0.05, 0.1) is 0 Å². The van der Waals surface area contributed by atoms with E-state index >= 15 is 0 Å². The SMILES string of the molecule is O=C(C=Cc1ccccc1)OP(=O)(O)O. The number of phosphoric acid groups is 1. The smallest absolute Gasteiger partial charge is 0.367 e. The highest BCUT2D eigenvalue weighted by Crippen LogP contribution is 2.35. The van der Waals surface area contributed by atoms with Crippen molar-refractivity contribution >= 4 is 19.9 Å². The zero-order chi connectivity index (χ0) is 11.3. The summed E-state index contributed by atoms with van der Waals surface area (Å²) < 4.78 is 14.1. The Morgan fingerprint density at radius 2 is 1.87 bits per heavy atom. The second-order valence-electron chi connectivity index (χ2n) is 2.64. The first-order valence-electron chi connectivity index (χ1n) is 3.99. The molecule has 0 aliphatic heterocycles. The maximum Gasteiger partial charge on any atom is 0.527 e. The maximum absolute atomic E-state index is 10.8. The van der Waals surface area contributed by atoms with Crippen LogP contribution in [0.1, 0.15) is 5.56 Å². The van der Waals surface area contributed by atoms with Gasteiger partial charge in [-0.25, -0.2) is 9.36 Å². The fourth-order valence-electron chi connectivity index (χ4n) is 0.876. The van der Waals surface area contributed by atoms with E-state index in [0.717, 1.165) is 11.6 Å². The number of carbonyl (C=O) groups excluding carboxylic acids is 1. The summed E-state index contributed by atoms with van der Waals surface area (Å²) in [5, 5.41) is 0. The van der Waals surface area contributed by atoms with Gasteiger partial charge < -0.3 is 4.52 Å². The van der Waals surface area contributed by atoms with Crippen LogP contribution in [0.2, 0.25) is 0 Å². The molecule has 0 aliphatic carbocycles. The van der Waals surface area contributed by atoms with E-state index in [-0.39, 0.29) is 0 Å². The van der Waals surface area contributed by atoms with Gasteiger partial charge in [0.1, 0.15) is 0 Å². The Bertz CT molecular complexity index is 406. The van der Waals surface area contributed by atoms with E-state index in [1.807, 2.05) is 6.07 Å². The Morgan fingerprint density at radius 3 is 2.40 bits per heavy atom. The molecule has 1 rings (SSSR count). The average molecular weight is 228 g/mol. The van der Waals surface area contributed by atoms with Gasteiger partial charge in [-0.05, 0) is 11.6 Å². The Labute approximate surface area is 86.2 Å². The molecule has 2 N–H and O–H groups in total. The van der Waals surface area contributed by atoms with E-state index < -0.39 is 13.8 Å². The molecule has 0 aromatic heterocycles. The highest BCUT2D eigenvalue weighted by molar-refractivity contribution is 7.46. The van der Waals surface area contributed by atoms with Gasteiger partial charge in [-0.2, -0.15) is 0 Å². The lowest BCUT2D eigenvalue weighted by atomic mass is 10.2. The first-order chi connectivity index (χ1) is 6.97. The molecule has 15 heavy (non-hydrogen) atoms. The summed E-state index contributed by atoms with van der Waals surface area (Å²) >= 11 is 0. The van der Waals surface area contributed by atoms with Crippen LogP contribution >= 0.6 is 7.82 Å². The Kier molecular flexibility index (Phi) is 3.80. The van der Waals surface area contributed by atoms with E-state index in [1.54, 1.807) is 24.3 Å². The minimum atomic E-state index is -4.74. The molecule has 0 heterocycles. The third kappa shape index (κ3) is 5.12. The Balaban J connectivity index is 2.60. The number of carbonyl (C=O) groups is 1. The summed E-state index contributed by atoms with van der Waals surface area (Å²) in [5.41, 5.74) is 0.736. The zero-order valence-corrected chi connectivity index (χ0v) is 8.50. The lowest BCUT2D eigenvalue weighted by molar-refractivity contribution is -0.130. The summed E-state index contributed by atoms with van der Waals surface area (Å²) in [6.45, 7) is 0. The Morgan fingerprint density at radius 1 is 1.27 bits per heavy atom. The number of phosphoric ester groups is 1. The third-order valence-corrected chi connectivity index (χ3v) is 1.84. The van der Waals surface area contributed by atoms with Gasteiger partial charge in [0.2, 0.25) is 0 Å². The van der Waals surface area contributed by atoms with Crippen LogP contribution in [-0.4, -0.2) is 15.8 Å². The van der Waals surface area contributed by atoms with Crippen LogP contribution in [0.3, 0.4) is 0 Å². The fourth-order valence-corrected chi connectivity index (χ4v) is 1.17. The summed E-state index contributed by atoms with van der Waals surface area (Å²) in [4.78, 5) is 27.5. The normalized spacial score (nSPS) is 11.6. The van der Waals surface area contributed by atoms with Crippen molar-refractivity contribution in [3.63, 3.8) is 0 Å². The standard InChI is InChI=1S/C9H9O5P/c10-9(14-15(11,12)13)7-6-8-4-2-1-3-5-8/h1-7H,(H2,11,12,13). The molecule has 0 radical (unpaired) electrons. The average Bonchev–Trinajstić information content (AvgIpc) is 2.14. The highest BCUT2D eigenvalue weighted by Gasteiger charge is 2.17. The predicted octanol–water partition coefficient (Wildman–Crippen LogP) is 1.34. The predicted molar refractivity (Wildman–Crippen MR) is 53.6 cm³/mol. The number of rotatable bonds is 3. The van der Waals surface area contributed by atoms with Crippen molar-refractivity contribution in [3.05, 3.63) is 42.0 Å². The van der Waals surface area contributed by atoms with Crippen LogP contribution in [0.25, 0.3) is 6.08 Å². The molecular weight excluding hydrogens is 219 g/mol. The van der Waals surface area contributed by atoms with Crippen molar-refractivity contribution < 1.29 is 23.7 Å². The molecule has 0 aliphatic rings. The molecule has 5 nitrogen and oxygen atoms in total. The van der Waals surface area contributed by atoms with E-state index in [0.29, 0.717) is 0 Å². The van der Waals surface area contributed by atoms with E-state index in [2.05, 4.69) is 4.52 Å². The van der Waals surface area contributed by atoms with Crippen molar-refractivity contribution in [3.8, 4) is 0 Å². The van der Waals surface area contributed by atoms with Gasteiger partial charge >= 0.3 is 13.8 Å². The molecule has 80 valence electrons. The van der Waals surface area contributed by atoms with Crippen LogP contribution in [0, 0.1) is 0 Å². The van der Waals surface area contributed by atoms with E-state index in [1.165, 1.54) is 6.08 Å². The van der Waals surface area contributed by atoms with E-state index in [4.69, 9.17) is 9.79 Å². The molecule has 0 amide bonds. The fraction of sp³-hybridized carbons (Fsp3) is 0. The second kappa shape index (κ2) is 4.89. The van der Waals surface area contributed by atoms with E-state index in [9.17, 15) is 9.36 Å². The van der Waals surface area contributed by atoms with Crippen LogP contribution in [-0.2, 0) is 13.9 Å². The Hall–Kier alpha value is -1.42. The topological polar surface area (TPSA) is 83.8 Å². The minimum Gasteiger partial charge on any atom is -0.367 e. The summed E-state index contributed by atoms with van der Waals surface area (Å²) in [6.07, 6.45) is 2.35. The molecule has 6 heteroatoms. The van der Waals surface area contributed by atoms with Crippen LogP contribution in [0.5, 0.6) is 0 Å². The molecule has 0 saturated carbocycles. The summed E-state index contributed by atoms with van der Waals surface area (Å²) in [6, 6.07) is 8.83. The number of hydrogen-bond acceptors (Lipinski definition) is 3. The van der Waals surface area contributed by atoms with Crippen molar-refractivity contribution in [2.75, 3.05) is 0 Å². The van der Waals surface area contributed by atoms with Gasteiger partial charge in [-0.3, -0.25) is 9.79 Å². The molecule has 0 unspecified atom stereocenters. The van der Waals surface area contributed by atoms with Gasteiger partial charge in [-0.1, -0.05) is 30.3 Å². The molecule has 0 fully saturated rings. The molecular formula is C9H9O5P. The molecule has 1 aromatic rings. The van der Waals surface area contributed by atoms with Gasteiger partial charge in [0, 0.05) is 6.08 Å². The molecule has 0 saturated heterocycles. The maximum atomic E-state index is 10.8.